The number of benzene rings is 1. The first-order valence-electron chi connectivity index (χ1n) is 12.3. The van der Waals surface area contributed by atoms with E-state index in [1.807, 2.05) is 0 Å². The van der Waals surface area contributed by atoms with Gasteiger partial charge in [-0.3, -0.25) is 19.9 Å². The summed E-state index contributed by atoms with van der Waals surface area (Å²) < 4.78 is 0. The van der Waals surface area contributed by atoms with Crippen LogP contribution < -0.4 is 16.2 Å². The number of hydrogen-bond acceptors (Lipinski definition) is 7. The molecular weight excluding hydrogens is 454 g/mol. The van der Waals surface area contributed by atoms with E-state index in [2.05, 4.69) is 55.9 Å². The fraction of sp³-hybridized carbons (Fsp3) is 0.333. The van der Waals surface area contributed by atoms with Gasteiger partial charge in [0.1, 0.15) is 11.1 Å². The van der Waals surface area contributed by atoms with Crippen LogP contribution in [0.25, 0.3) is 16.6 Å². The molecule has 0 radical (unpaired) electrons. The van der Waals surface area contributed by atoms with Crippen molar-refractivity contribution in [2.45, 2.75) is 38.3 Å². The summed E-state index contributed by atoms with van der Waals surface area (Å²) in [7, 11) is 0. The van der Waals surface area contributed by atoms with E-state index in [1.165, 1.54) is 11.1 Å². The summed E-state index contributed by atoms with van der Waals surface area (Å²) in [5, 5.41) is 17.4. The van der Waals surface area contributed by atoms with Crippen LogP contribution in [-0.2, 0) is 6.42 Å². The van der Waals surface area contributed by atoms with Crippen LogP contribution in [-0.4, -0.2) is 43.3 Å². The number of pyridine rings is 1. The van der Waals surface area contributed by atoms with Crippen molar-refractivity contribution >= 4 is 22.6 Å². The minimum Gasteiger partial charge on any atom is -0.387 e. The molecule has 6 rings (SSSR count). The summed E-state index contributed by atoms with van der Waals surface area (Å²) in [5.74, 6) is 0.529. The minimum atomic E-state index is -0.710. The van der Waals surface area contributed by atoms with Crippen molar-refractivity contribution in [1.29, 1.82) is 0 Å². The van der Waals surface area contributed by atoms with Gasteiger partial charge in [-0.1, -0.05) is 36.9 Å². The first kappa shape index (κ1) is 22.6. The molecule has 1 unspecified atom stereocenters. The van der Waals surface area contributed by atoms with Crippen molar-refractivity contribution in [3.05, 3.63) is 87.6 Å². The molecule has 184 valence electrons. The Kier molecular flexibility index (Phi) is 5.27. The number of aliphatic hydroxyl groups is 1. The Bertz CT molecular complexity index is 1530. The van der Waals surface area contributed by atoms with Crippen molar-refractivity contribution in [2.24, 2.45) is 11.1 Å². The van der Waals surface area contributed by atoms with E-state index >= 15 is 0 Å². The second-order valence-corrected chi connectivity index (χ2v) is 9.99. The van der Waals surface area contributed by atoms with E-state index in [9.17, 15) is 9.90 Å². The zero-order chi connectivity index (χ0) is 25.0. The smallest absolute Gasteiger partial charge is 0.264 e. The largest absolute Gasteiger partial charge is 0.387 e. The van der Waals surface area contributed by atoms with Gasteiger partial charge in [0.2, 0.25) is 5.95 Å². The molecule has 2 aliphatic rings. The third-order valence-corrected chi connectivity index (χ3v) is 7.86. The maximum atomic E-state index is 13.2. The maximum absolute atomic E-state index is 13.2. The van der Waals surface area contributed by atoms with E-state index in [1.54, 1.807) is 25.1 Å². The highest BCUT2D eigenvalue weighted by Crippen LogP contribution is 2.50. The van der Waals surface area contributed by atoms with Crippen LogP contribution in [0.5, 0.6) is 0 Å². The standard InChI is InChI=1S/C27H29N7O2/c1-15(19-8-5-9-20(29-19)16(2)35)22-21-24(33-32-22)30-26(31-25(21)36)34-12-10-27(11-13-34)14-17-6-3-4-7-18(17)23(27)28/h3-9,16,23,35H,1,10-14,28H2,2H3,(H2,30,31,32,33,36)/t16?,23-/m1/s1. The van der Waals surface area contributed by atoms with Gasteiger partial charge in [-0.2, -0.15) is 10.1 Å². The Morgan fingerprint density at radius 1 is 1.19 bits per heavy atom. The topological polar surface area (TPSA) is 137 Å². The minimum absolute atomic E-state index is 0.0347. The predicted octanol–water partition coefficient (Wildman–Crippen LogP) is 3.00. The van der Waals surface area contributed by atoms with Crippen LogP contribution >= 0.6 is 0 Å². The van der Waals surface area contributed by atoms with Crippen LogP contribution in [0.2, 0.25) is 0 Å². The van der Waals surface area contributed by atoms with Gasteiger partial charge in [-0.05, 0) is 54.9 Å². The van der Waals surface area contributed by atoms with Gasteiger partial charge in [0, 0.05) is 24.7 Å². The zero-order valence-corrected chi connectivity index (χ0v) is 20.2. The highest BCUT2D eigenvalue weighted by atomic mass is 16.3. The Morgan fingerprint density at radius 2 is 1.97 bits per heavy atom. The van der Waals surface area contributed by atoms with Crippen LogP contribution in [0.1, 0.15) is 60.1 Å². The molecule has 1 saturated heterocycles. The molecule has 4 heterocycles. The predicted molar refractivity (Wildman–Crippen MR) is 138 cm³/mol. The molecule has 2 atom stereocenters. The molecule has 1 aliphatic carbocycles. The molecule has 4 aromatic rings. The Hall–Kier alpha value is -3.82. The highest BCUT2D eigenvalue weighted by Gasteiger charge is 2.46. The van der Waals surface area contributed by atoms with E-state index < -0.39 is 6.10 Å². The molecule has 0 bridgehead atoms. The monoisotopic (exact) mass is 483 g/mol. The molecule has 9 heteroatoms. The molecule has 1 fully saturated rings. The SMILES string of the molecule is C=C(c1cccc(C(C)O)n1)c1n[nH]c2nc(N3CCC4(CC3)Cc3ccccc3[C@H]4N)[nH]c(=O)c12. The lowest BCUT2D eigenvalue weighted by atomic mass is 9.73. The van der Waals surface area contributed by atoms with Gasteiger partial charge in [-0.25, -0.2) is 0 Å². The molecule has 1 spiro atoms. The second kappa shape index (κ2) is 8.39. The molecule has 0 saturated carbocycles. The Labute approximate surface area is 208 Å². The first-order valence-corrected chi connectivity index (χ1v) is 12.3. The molecule has 3 aromatic heterocycles. The lowest BCUT2D eigenvalue weighted by Gasteiger charge is -2.42. The number of nitrogens with two attached hydrogens (primary N) is 1. The third kappa shape index (κ3) is 3.54. The average Bonchev–Trinajstić information content (AvgIpc) is 3.44. The van der Waals surface area contributed by atoms with Gasteiger partial charge in [-0.15, -0.1) is 0 Å². The summed E-state index contributed by atoms with van der Waals surface area (Å²) in [4.78, 5) is 27.4. The summed E-state index contributed by atoms with van der Waals surface area (Å²) in [5.41, 5.74) is 11.4. The fourth-order valence-electron chi connectivity index (χ4n) is 5.74. The van der Waals surface area contributed by atoms with Gasteiger partial charge < -0.3 is 15.7 Å². The van der Waals surface area contributed by atoms with Crippen molar-refractivity contribution in [3.8, 4) is 0 Å². The number of hydrogen-bond donors (Lipinski definition) is 4. The summed E-state index contributed by atoms with van der Waals surface area (Å²) in [6.45, 7) is 7.28. The zero-order valence-electron chi connectivity index (χ0n) is 20.2. The molecule has 0 amide bonds. The van der Waals surface area contributed by atoms with Gasteiger partial charge >= 0.3 is 0 Å². The molecule has 1 aliphatic heterocycles. The maximum Gasteiger partial charge on any atom is 0.264 e. The molecule has 1 aromatic carbocycles. The number of rotatable bonds is 4. The number of fused-ring (bicyclic) bond motifs is 2. The number of aliphatic hydroxyl groups excluding tert-OH is 1. The fourth-order valence-corrected chi connectivity index (χ4v) is 5.74. The van der Waals surface area contributed by atoms with Crippen LogP contribution in [0.3, 0.4) is 0 Å². The normalized spacial score (nSPS) is 19.5. The number of nitrogens with one attached hydrogen (secondary N) is 2. The van der Waals surface area contributed by atoms with Crippen molar-refractivity contribution < 1.29 is 5.11 Å². The molecular formula is C27H29N7O2. The first-order chi connectivity index (χ1) is 17.4. The summed E-state index contributed by atoms with van der Waals surface area (Å²) >= 11 is 0. The highest BCUT2D eigenvalue weighted by molar-refractivity contribution is 5.91. The van der Waals surface area contributed by atoms with Crippen LogP contribution in [0.15, 0.2) is 53.8 Å². The third-order valence-electron chi connectivity index (χ3n) is 7.86. The number of aromatic amines is 2. The van der Waals surface area contributed by atoms with E-state index in [4.69, 9.17) is 10.7 Å². The van der Waals surface area contributed by atoms with Crippen molar-refractivity contribution in [1.82, 2.24) is 25.1 Å². The number of aromatic nitrogens is 5. The van der Waals surface area contributed by atoms with Crippen molar-refractivity contribution in [3.63, 3.8) is 0 Å². The number of piperidine rings is 1. The van der Waals surface area contributed by atoms with E-state index in [0.29, 0.717) is 39.6 Å². The summed E-state index contributed by atoms with van der Waals surface area (Å²) in [6.07, 6.45) is 2.15. The molecule has 36 heavy (non-hydrogen) atoms. The van der Waals surface area contributed by atoms with Gasteiger partial charge in [0.25, 0.3) is 5.56 Å². The average molecular weight is 484 g/mol. The number of anilines is 1. The van der Waals surface area contributed by atoms with E-state index in [0.717, 1.165) is 32.4 Å². The van der Waals surface area contributed by atoms with E-state index in [-0.39, 0.29) is 17.0 Å². The lowest BCUT2D eigenvalue weighted by molar-refractivity contribution is 0.187. The van der Waals surface area contributed by atoms with Crippen LogP contribution in [0.4, 0.5) is 5.95 Å². The van der Waals surface area contributed by atoms with Gasteiger partial charge in [0.05, 0.1) is 17.5 Å². The molecule has 5 N–H and O–H groups in total. The Balaban J connectivity index is 1.25. The van der Waals surface area contributed by atoms with Crippen LogP contribution in [0, 0.1) is 5.41 Å². The summed E-state index contributed by atoms with van der Waals surface area (Å²) in [6, 6.07) is 13.8. The van der Waals surface area contributed by atoms with Crippen molar-refractivity contribution in [2.75, 3.05) is 18.0 Å². The number of H-pyrrole nitrogens is 2. The quantitative estimate of drug-likeness (QED) is 0.350. The molecule has 9 nitrogen and oxygen atoms in total. The Morgan fingerprint density at radius 3 is 2.72 bits per heavy atom. The number of nitrogens with zero attached hydrogens (tertiary/aromatic N) is 4. The van der Waals surface area contributed by atoms with Gasteiger partial charge in [0.15, 0.2) is 5.65 Å². The lowest BCUT2D eigenvalue weighted by Crippen LogP contribution is -2.45. The second-order valence-electron chi connectivity index (χ2n) is 9.99.